The fourth-order valence-electron chi connectivity index (χ4n) is 2.88. The van der Waals surface area contributed by atoms with Gasteiger partial charge >= 0.3 is 5.97 Å². The van der Waals surface area contributed by atoms with Crippen molar-refractivity contribution in [3.8, 4) is 0 Å². The highest BCUT2D eigenvalue weighted by molar-refractivity contribution is 7.91. The summed E-state index contributed by atoms with van der Waals surface area (Å²) in [7, 11) is -3.37. The van der Waals surface area contributed by atoms with Gasteiger partial charge in [0.15, 0.2) is 15.9 Å². The number of carboxylic acids is 1. The SMILES string of the molecule is CCS(=O)(=O)c1cccc(CC(=O)NC(C(=O)O)c2cc(C)cc(C)c2)c1. The normalized spacial score (nSPS) is 12.4. The van der Waals surface area contributed by atoms with Gasteiger partial charge in [0.25, 0.3) is 0 Å². The number of nitrogens with one attached hydrogen (secondary N) is 1. The third-order valence-electron chi connectivity index (χ3n) is 4.13. The second kappa shape index (κ2) is 8.35. The molecule has 0 aliphatic carbocycles. The molecule has 2 aromatic carbocycles. The predicted molar refractivity (Wildman–Crippen MR) is 102 cm³/mol. The van der Waals surface area contributed by atoms with E-state index >= 15 is 0 Å². The molecule has 0 fully saturated rings. The second-order valence-electron chi connectivity index (χ2n) is 6.49. The Labute approximate surface area is 159 Å². The molecule has 0 saturated carbocycles. The molecule has 0 aliphatic rings. The Morgan fingerprint density at radius 1 is 1.07 bits per heavy atom. The Bertz CT molecular complexity index is 946. The molecule has 27 heavy (non-hydrogen) atoms. The van der Waals surface area contributed by atoms with E-state index in [0.29, 0.717) is 11.1 Å². The van der Waals surface area contributed by atoms with Gasteiger partial charge in [0.2, 0.25) is 5.91 Å². The zero-order valence-electron chi connectivity index (χ0n) is 15.5. The molecule has 2 rings (SSSR count). The molecule has 0 aromatic heterocycles. The van der Waals surface area contributed by atoms with Crippen molar-refractivity contribution in [3.05, 3.63) is 64.7 Å². The van der Waals surface area contributed by atoms with Crippen LogP contribution in [0, 0.1) is 13.8 Å². The molecule has 2 N–H and O–H groups in total. The molecule has 0 radical (unpaired) electrons. The number of aliphatic carboxylic acids is 1. The molecule has 1 atom stereocenters. The lowest BCUT2D eigenvalue weighted by atomic mass is 10.0. The van der Waals surface area contributed by atoms with Crippen molar-refractivity contribution < 1.29 is 23.1 Å². The standard InChI is InChI=1S/C20H23NO5S/c1-4-27(25,26)17-7-5-6-15(11-17)12-18(22)21-19(20(23)24)16-9-13(2)8-14(3)10-16/h5-11,19H,4,12H2,1-3H3,(H,21,22)(H,23,24). The van der Waals surface area contributed by atoms with Gasteiger partial charge in [0.1, 0.15) is 0 Å². The highest BCUT2D eigenvalue weighted by Gasteiger charge is 2.23. The van der Waals surface area contributed by atoms with Gasteiger partial charge in [0.05, 0.1) is 17.1 Å². The topological polar surface area (TPSA) is 101 Å². The Hall–Kier alpha value is -2.67. The lowest BCUT2D eigenvalue weighted by Crippen LogP contribution is -2.34. The molecule has 2 aromatic rings. The minimum atomic E-state index is -3.37. The Kier molecular flexibility index (Phi) is 6.38. The minimum absolute atomic E-state index is 0.0313. The van der Waals surface area contributed by atoms with Crippen molar-refractivity contribution in [2.24, 2.45) is 0 Å². The Morgan fingerprint density at radius 3 is 2.26 bits per heavy atom. The second-order valence-corrected chi connectivity index (χ2v) is 8.77. The number of hydrogen-bond donors (Lipinski definition) is 2. The first-order chi connectivity index (χ1) is 12.6. The smallest absolute Gasteiger partial charge is 0.330 e. The van der Waals surface area contributed by atoms with Crippen LogP contribution >= 0.6 is 0 Å². The molecule has 7 heteroatoms. The molecular weight excluding hydrogens is 366 g/mol. The van der Waals surface area contributed by atoms with Crippen LogP contribution in [0.25, 0.3) is 0 Å². The lowest BCUT2D eigenvalue weighted by Gasteiger charge is -2.16. The van der Waals surface area contributed by atoms with Crippen LogP contribution in [0.4, 0.5) is 0 Å². The van der Waals surface area contributed by atoms with Gasteiger partial charge in [-0.05, 0) is 37.1 Å². The molecule has 0 saturated heterocycles. The summed E-state index contributed by atoms with van der Waals surface area (Å²) in [5.74, 6) is -1.68. The van der Waals surface area contributed by atoms with Crippen LogP contribution in [0.2, 0.25) is 0 Å². The van der Waals surface area contributed by atoms with Crippen molar-refractivity contribution in [1.29, 1.82) is 0 Å². The van der Waals surface area contributed by atoms with E-state index in [9.17, 15) is 23.1 Å². The largest absolute Gasteiger partial charge is 0.479 e. The number of aryl methyl sites for hydroxylation is 2. The maximum atomic E-state index is 12.4. The van der Waals surface area contributed by atoms with Crippen molar-refractivity contribution in [1.82, 2.24) is 5.32 Å². The van der Waals surface area contributed by atoms with Crippen molar-refractivity contribution in [3.63, 3.8) is 0 Å². The first kappa shape index (κ1) is 20.6. The molecular formula is C20H23NO5S. The van der Waals surface area contributed by atoms with Crippen LogP contribution in [0.3, 0.4) is 0 Å². The van der Waals surface area contributed by atoms with Gasteiger partial charge in [-0.25, -0.2) is 13.2 Å². The maximum Gasteiger partial charge on any atom is 0.330 e. The number of carboxylic acid groups (broad SMARTS) is 1. The molecule has 1 amide bonds. The highest BCUT2D eigenvalue weighted by atomic mass is 32.2. The first-order valence-corrected chi connectivity index (χ1v) is 10.2. The van der Waals surface area contributed by atoms with Gasteiger partial charge in [-0.2, -0.15) is 0 Å². The number of carbonyl (C=O) groups is 2. The quantitative estimate of drug-likeness (QED) is 0.758. The summed E-state index contributed by atoms with van der Waals surface area (Å²) in [6, 6.07) is 10.3. The summed E-state index contributed by atoms with van der Waals surface area (Å²) in [6.07, 6.45) is -0.109. The molecule has 6 nitrogen and oxygen atoms in total. The Morgan fingerprint density at radius 2 is 1.70 bits per heavy atom. The van der Waals surface area contributed by atoms with E-state index in [1.54, 1.807) is 31.2 Å². The summed E-state index contributed by atoms with van der Waals surface area (Å²) in [5.41, 5.74) is 2.81. The minimum Gasteiger partial charge on any atom is -0.479 e. The van der Waals surface area contributed by atoms with Crippen LogP contribution < -0.4 is 5.32 Å². The van der Waals surface area contributed by atoms with Gasteiger partial charge in [-0.15, -0.1) is 0 Å². The van der Waals surface area contributed by atoms with Crippen molar-refractivity contribution in [2.45, 2.75) is 38.1 Å². The summed E-state index contributed by atoms with van der Waals surface area (Å²) in [4.78, 5) is 24.2. The number of hydrogen-bond acceptors (Lipinski definition) is 4. The number of sulfone groups is 1. The van der Waals surface area contributed by atoms with E-state index in [2.05, 4.69) is 5.32 Å². The summed E-state index contributed by atoms with van der Waals surface area (Å²) >= 11 is 0. The van der Waals surface area contributed by atoms with Gasteiger partial charge in [0, 0.05) is 0 Å². The highest BCUT2D eigenvalue weighted by Crippen LogP contribution is 2.18. The van der Waals surface area contributed by atoms with Crippen LogP contribution in [-0.4, -0.2) is 31.2 Å². The zero-order valence-corrected chi connectivity index (χ0v) is 16.3. The van der Waals surface area contributed by atoms with Gasteiger partial charge < -0.3 is 10.4 Å². The molecule has 0 spiro atoms. The van der Waals surface area contributed by atoms with Crippen molar-refractivity contribution >= 4 is 21.7 Å². The van der Waals surface area contributed by atoms with E-state index in [0.717, 1.165) is 11.1 Å². The van der Waals surface area contributed by atoms with Crippen LogP contribution in [0.1, 0.15) is 35.2 Å². The summed E-state index contributed by atoms with van der Waals surface area (Å²) < 4.78 is 24.0. The van der Waals surface area contributed by atoms with E-state index in [4.69, 9.17) is 0 Å². The molecule has 0 heterocycles. The van der Waals surface area contributed by atoms with E-state index in [1.807, 2.05) is 19.9 Å². The lowest BCUT2D eigenvalue weighted by molar-refractivity contribution is -0.141. The number of rotatable bonds is 7. The van der Waals surface area contributed by atoms with Crippen LogP contribution in [0.5, 0.6) is 0 Å². The summed E-state index contributed by atoms with van der Waals surface area (Å²) in [6.45, 7) is 5.27. The van der Waals surface area contributed by atoms with Crippen molar-refractivity contribution in [2.75, 3.05) is 5.75 Å². The zero-order chi connectivity index (χ0) is 20.2. The van der Waals surface area contributed by atoms with Crippen LogP contribution in [-0.2, 0) is 25.8 Å². The monoisotopic (exact) mass is 389 g/mol. The maximum absolute atomic E-state index is 12.4. The summed E-state index contributed by atoms with van der Waals surface area (Å²) in [5, 5.41) is 12.0. The molecule has 0 aliphatic heterocycles. The van der Waals surface area contributed by atoms with Crippen LogP contribution in [0.15, 0.2) is 47.4 Å². The predicted octanol–water partition coefficient (Wildman–Crippen LogP) is 2.58. The average molecular weight is 389 g/mol. The average Bonchev–Trinajstić information content (AvgIpc) is 2.58. The van der Waals surface area contributed by atoms with Gasteiger partial charge in [-0.1, -0.05) is 48.4 Å². The molecule has 144 valence electrons. The number of amides is 1. The Balaban J connectivity index is 2.20. The van der Waals surface area contributed by atoms with E-state index in [-0.39, 0.29) is 17.1 Å². The van der Waals surface area contributed by atoms with E-state index < -0.39 is 27.8 Å². The molecule has 1 unspecified atom stereocenters. The number of benzene rings is 2. The number of carbonyl (C=O) groups excluding carboxylic acids is 1. The molecule has 0 bridgehead atoms. The first-order valence-electron chi connectivity index (χ1n) is 8.54. The fraction of sp³-hybridized carbons (Fsp3) is 0.300. The fourth-order valence-corrected chi connectivity index (χ4v) is 3.83. The third kappa shape index (κ3) is 5.40. The third-order valence-corrected chi connectivity index (χ3v) is 5.86. The van der Waals surface area contributed by atoms with E-state index in [1.165, 1.54) is 12.1 Å². The van der Waals surface area contributed by atoms with Gasteiger partial charge in [-0.3, -0.25) is 4.79 Å².